The number of amides is 1. The van der Waals surface area contributed by atoms with Crippen LogP contribution in [0.15, 0.2) is 53.4 Å². The van der Waals surface area contributed by atoms with Crippen molar-refractivity contribution in [2.75, 3.05) is 0 Å². The Morgan fingerprint density at radius 3 is 2.17 bits per heavy atom. The minimum Gasteiger partial charge on any atom is -0.352 e. The number of benzene rings is 2. The topological polar surface area (TPSA) is 113 Å². The zero-order chi connectivity index (χ0) is 17.6. The van der Waals surface area contributed by atoms with Crippen LogP contribution < -0.4 is 10.5 Å². The summed E-state index contributed by atoms with van der Waals surface area (Å²) in [6.45, 7) is 0.398. The third kappa shape index (κ3) is 5.19. The van der Waals surface area contributed by atoms with E-state index in [1.165, 1.54) is 12.1 Å². The molecule has 0 radical (unpaired) electrons. The Hall–Kier alpha value is -2.69. The fourth-order valence-electron chi connectivity index (χ4n) is 2.09. The van der Waals surface area contributed by atoms with Gasteiger partial charge in [-0.1, -0.05) is 24.3 Å². The molecule has 2 rings (SSSR count). The van der Waals surface area contributed by atoms with Crippen molar-refractivity contribution in [3.05, 3.63) is 65.2 Å². The Bertz CT molecular complexity index is 851. The molecular formula is C17H17N3O3S. The summed E-state index contributed by atoms with van der Waals surface area (Å²) >= 11 is 0. The van der Waals surface area contributed by atoms with Crippen LogP contribution in [0.1, 0.15) is 23.1 Å². The van der Waals surface area contributed by atoms with E-state index in [4.69, 9.17) is 10.4 Å². The van der Waals surface area contributed by atoms with Crippen molar-refractivity contribution in [2.45, 2.75) is 24.3 Å². The number of nitrogens with two attached hydrogens (primary N) is 1. The van der Waals surface area contributed by atoms with Gasteiger partial charge < -0.3 is 5.32 Å². The maximum absolute atomic E-state index is 11.9. The highest BCUT2D eigenvalue weighted by Crippen LogP contribution is 2.10. The Morgan fingerprint density at radius 2 is 1.62 bits per heavy atom. The van der Waals surface area contributed by atoms with Crippen molar-refractivity contribution in [3.8, 4) is 6.07 Å². The molecule has 6 nitrogen and oxygen atoms in total. The van der Waals surface area contributed by atoms with E-state index in [0.29, 0.717) is 24.9 Å². The number of sulfonamides is 1. The largest absolute Gasteiger partial charge is 0.352 e. The number of carbonyl (C=O) groups excluding carboxylic acids is 1. The lowest BCUT2D eigenvalue weighted by Gasteiger charge is -2.06. The standard InChI is InChI=1S/C17H17N3O3S/c18-11-14-1-3-15(4-2-14)12-20-17(21)10-7-13-5-8-16(9-6-13)24(19,22)23/h1-6,8-9H,7,10,12H2,(H,20,21)(H2,19,22,23). The van der Waals surface area contributed by atoms with Gasteiger partial charge in [0.2, 0.25) is 15.9 Å². The fraction of sp³-hybridized carbons (Fsp3) is 0.176. The molecule has 0 saturated carbocycles. The Morgan fingerprint density at radius 1 is 1.04 bits per heavy atom. The second-order valence-corrected chi connectivity index (χ2v) is 6.84. The quantitative estimate of drug-likeness (QED) is 0.826. The normalized spacial score (nSPS) is 10.8. The van der Waals surface area contributed by atoms with E-state index in [-0.39, 0.29) is 10.8 Å². The minimum absolute atomic E-state index is 0.0523. The third-order valence-corrected chi connectivity index (χ3v) is 4.39. The molecule has 0 unspecified atom stereocenters. The summed E-state index contributed by atoms with van der Waals surface area (Å²) in [5, 5.41) is 16.6. The van der Waals surface area contributed by atoms with Crippen LogP contribution in [-0.2, 0) is 27.8 Å². The molecule has 2 aromatic carbocycles. The van der Waals surface area contributed by atoms with Gasteiger partial charge in [-0.3, -0.25) is 4.79 Å². The SMILES string of the molecule is N#Cc1ccc(CNC(=O)CCc2ccc(S(N)(=O)=O)cc2)cc1. The van der Waals surface area contributed by atoms with E-state index in [2.05, 4.69) is 5.32 Å². The summed E-state index contributed by atoms with van der Waals surface area (Å²) in [5.74, 6) is -0.102. The minimum atomic E-state index is -3.69. The summed E-state index contributed by atoms with van der Waals surface area (Å²) < 4.78 is 22.3. The number of hydrogen-bond donors (Lipinski definition) is 2. The van der Waals surface area contributed by atoms with Crippen LogP contribution in [0.25, 0.3) is 0 Å². The predicted molar refractivity (Wildman–Crippen MR) is 89.1 cm³/mol. The first-order valence-corrected chi connectivity index (χ1v) is 8.80. The zero-order valence-electron chi connectivity index (χ0n) is 12.9. The van der Waals surface area contributed by atoms with E-state index >= 15 is 0 Å². The van der Waals surface area contributed by atoms with Gasteiger partial charge in [0.05, 0.1) is 16.5 Å². The first-order chi connectivity index (χ1) is 11.4. The van der Waals surface area contributed by atoms with Crippen molar-refractivity contribution in [2.24, 2.45) is 5.14 Å². The molecule has 0 saturated heterocycles. The molecule has 24 heavy (non-hydrogen) atoms. The van der Waals surface area contributed by atoms with Crippen LogP contribution in [0.3, 0.4) is 0 Å². The van der Waals surface area contributed by atoms with Crippen molar-refractivity contribution in [1.29, 1.82) is 5.26 Å². The van der Waals surface area contributed by atoms with E-state index < -0.39 is 10.0 Å². The number of hydrogen-bond acceptors (Lipinski definition) is 4. The zero-order valence-corrected chi connectivity index (χ0v) is 13.7. The summed E-state index contributed by atoms with van der Waals surface area (Å²) in [4.78, 5) is 11.9. The molecule has 0 spiro atoms. The molecule has 0 aliphatic heterocycles. The highest BCUT2D eigenvalue weighted by atomic mass is 32.2. The van der Waals surface area contributed by atoms with E-state index in [1.807, 2.05) is 6.07 Å². The summed E-state index contributed by atoms with van der Waals surface area (Å²) in [6.07, 6.45) is 0.801. The maximum atomic E-state index is 11.9. The van der Waals surface area contributed by atoms with Gasteiger partial charge in [-0.25, -0.2) is 13.6 Å². The van der Waals surface area contributed by atoms with Crippen LogP contribution in [0.4, 0.5) is 0 Å². The van der Waals surface area contributed by atoms with E-state index in [9.17, 15) is 13.2 Å². The Kier molecular flexibility index (Phi) is 5.68. The van der Waals surface area contributed by atoms with Crippen molar-refractivity contribution >= 4 is 15.9 Å². The van der Waals surface area contributed by atoms with Crippen LogP contribution >= 0.6 is 0 Å². The highest BCUT2D eigenvalue weighted by molar-refractivity contribution is 7.89. The molecule has 0 heterocycles. The first-order valence-electron chi connectivity index (χ1n) is 7.26. The number of carbonyl (C=O) groups is 1. The molecule has 0 bridgehead atoms. The summed E-state index contributed by atoms with van der Waals surface area (Å²) in [5.41, 5.74) is 2.35. The lowest BCUT2D eigenvalue weighted by atomic mass is 10.1. The van der Waals surface area contributed by atoms with Crippen molar-refractivity contribution in [3.63, 3.8) is 0 Å². The molecular weight excluding hydrogens is 326 g/mol. The summed E-state index contributed by atoms with van der Waals surface area (Å²) in [7, 11) is -3.69. The van der Waals surface area contributed by atoms with Gasteiger partial charge in [0.15, 0.2) is 0 Å². The second-order valence-electron chi connectivity index (χ2n) is 5.27. The van der Waals surface area contributed by atoms with Gasteiger partial charge in [-0.15, -0.1) is 0 Å². The molecule has 2 aromatic rings. The number of aryl methyl sites for hydroxylation is 1. The molecule has 3 N–H and O–H groups in total. The van der Waals surface area contributed by atoms with Crippen LogP contribution in [-0.4, -0.2) is 14.3 Å². The molecule has 124 valence electrons. The molecule has 0 fully saturated rings. The van der Waals surface area contributed by atoms with Gasteiger partial charge in [-0.2, -0.15) is 5.26 Å². The highest BCUT2D eigenvalue weighted by Gasteiger charge is 2.07. The number of nitrogens with one attached hydrogen (secondary N) is 1. The van der Waals surface area contributed by atoms with E-state index in [1.54, 1.807) is 36.4 Å². The van der Waals surface area contributed by atoms with Gasteiger partial charge in [0.25, 0.3) is 0 Å². The van der Waals surface area contributed by atoms with Crippen LogP contribution in [0.5, 0.6) is 0 Å². The molecule has 1 amide bonds. The number of nitriles is 1. The van der Waals surface area contributed by atoms with Gasteiger partial charge in [-0.05, 0) is 41.8 Å². The molecule has 0 aliphatic rings. The third-order valence-electron chi connectivity index (χ3n) is 3.47. The van der Waals surface area contributed by atoms with Gasteiger partial charge in [0, 0.05) is 13.0 Å². The van der Waals surface area contributed by atoms with Gasteiger partial charge in [0.1, 0.15) is 0 Å². The molecule has 0 aromatic heterocycles. The molecule has 0 aliphatic carbocycles. The summed E-state index contributed by atoms with van der Waals surface area (Å²) in [6, 6.07) is 15.2. The van der Waals surface area contributed by atoms with Crippen molar-refractivity contribution < 1.29 is 13.2 Å². The van der Waals surface area contributed by atoms with Crippen LogP contribution in [0, 0.1) is 11.3 Å². The number of nitrogens with zero attached hydrogens (tertiary/aromatic N) is 1. The van der Waals surface area contributed by atoms with Gasteiger partial charge >= 0.3 is 0 Å². The average molecular weight is 343 g/mol. The lowest BCUT2D eigenvalue weighted by molar-refractivity contribution is -0.121. The predicted octanol–water partition coefficient (Wildman–Crippen LogP) is 1.45. The van der Waals surface area contributed by atoms with E-state index in [0.717, 1.165) is 11.1 Å². The van der Waals surface area contributed by atoms with Crippen LogP contribution in [0.2, 0.25) is 0 Å². The fourth-order valence-corrected chi connectivity index (χ4v) is 2.61. The number of rotatable bonds is 6. The molecule has 0 atom stereocenters. The molecule has 7 heteroatoms. The smallest absolute Gasteiger partial charge is 0.238 e. The number of primary sulfonamides is 1. The monoisotopic (exact) mass is 343 g/mol. The average Bonchev–Trinajstić information content (AvgIpc) is 2.58. The second kappa shape index (κ2) is 7.73. The van der Waals surface area contributed by atoms with Crippen molar-refractivity contribution in [1.82, 2.24) is 5.32 Å². The Labute approximate surface area is 141 Å². The first kappa shape index (κ1) is 17.7. The Balaban J connectivity index is 1.81. The lowest BCUT2D eigenvalue weighted by Crippen LogP contribution is -2.23. The maximum Gasteiger partial charge on any atom is 0.238 e.